The topological polar surface area (TPSA) is 29.9 Å². The van der Waals surface area contributed by atoms with Gasteiger partial charge >= 0.3 is 0 Å². The van der Waals surface area contributed by atoms with E-state index in [1.165, 1.54) is 18.5 Å². The van der Waals surface area contributed by atoms with Gasteiger partial charge < -0.3 is 5.32 Å². The highest BCUT2D eigenvalue weighted by atomic mass is 35.5. The summed E-state index contributed by atoms with van der Waals surface area (Å²) < 4.78 is 1.95. The molecule has 0 spiro atoms. The predicted octanol–water partition coefficient (Wildman–Crippen LogP) is 2.95. The van der Waals surface area contributed by atoms with E-state index in [9.17, 15) is 0 Å². The number of aryl methyl sites for hydroxylation is 2. The van der Waals surface area contributed by atoms with Gasteiger partial charge in [0.2, 0.25) is 0 Å². The van der Waals surface area contributed by atoms with Crippen molar-refractivity contribution in [3.05, 3.63) is 16.4 Å². The second-order valence-corrected chi connectivity index (χ2v) is 6.23. The summed E-state index contributed by atoms with van der Waals surface area (Å²) in [6.07, 6.45) is 3.73. The van der Waals surface area contributed by atoms with Crippen LogP contribution < -0.4 is 5.32 Å². The van der Waals surface area contributed by atoms with E-state index in [-0.39, 0.29) is 0 Å². The Morgan fingerprint density at radius 3 is 2.61 bits per heavy atom. The summed E-state index contributed by atoms with van der Waals surface area (Å²) in [6.45, 7) is 8.61. The number of nitrogens with zero attached hydrogens (tertiary/aromatic N) is 2. The van der Waals surface area contributed by atoms with Crippen molar-refractivity contribution < 1.29 is 0 Å². The van der Waals surface area contributed by atoms with Crippen LogP contribution in [0.3, 0.4) is 0 Å². The molecule has 1 fully saturated rings. The average Bonchev–Trinajstić information content (AvgIpc) is 3.13. The fourth-order valence-corrected chi connectivity index (χ4v) is 3.02. The Morgan fingerprint density at radius 2 is 2.17 bits per heavy atom. The maximum Gasteiger partial charge on any atom is 0.0847 e. The fraction of sp³-hybridized carbons (Fsp3) is 0.786. The Bertz CT molecular complexity index is 423. The van der Waals surface area contributed by atoms with Crippen molar-refractivity contribution >= 4 is 11.6 Å². The lowest BCUT2D eigenvalue weighted by Gasteiger charge is -2.30. The van der Waals surface area contributed by atoms with Crippen LogP contribution in [0.2, 0.25) is 5.02 Å². The van der Waals surface area contributed by atoms with Crippen molar-refractivity contribution in [2.45, 2.75) is 40.0 Å². The molecule has 0 aromatic carbocycles. The number of halogens is 1. The maximum atomic E-state index is 6.38. The molecule has 4 heteroatoms. The highest BCUT2D eigenvalue weighted by Crippen LogP contribution is 2.47. The molecule has 1 heterocycles. The number of hydrogen-bond acceptors (Lipinski definition) is 2. The number of aromatic nitrogens is 2. The second kappa shape index (κ2) is 5.22. The normalized spacial score (nSPS) is 18.9. The van der Waals surface area contributed by atoms with Crippen molar-refractivity contribution in [3.8, 4) is 0 Å². The predicted molar refractivity (Wildman–Crippen MR) is 76.0 cm³/mol. The first-order valence-corrected chi connectivity index (χ1v) is 7.24. The van der Waals surface area contributed by atoms with Gasteiger partial charge in [0, 0.05) is 13.6 Å². The summed E-state index contributed by atoms with van der Waals surface area (Å²) in [7, 11) is 1.99. The summed E-state index contributed by atoms with van der Waals surface area (Å²) in [5.41, 5.74) is 2.43. The first-order chi connectivity index (χ1) is 8.48. The SMILES string of the molecule is CCNCC(C)(Cc1c(Cl)c(C)nn1C)C1CC1. The summed E-state index contributed by atoms with van der Waals surface area (Å²) >= 11 is 6.38. The van der Waals surface area contributed by atoms with Gasteiger partial charge in [-0.25, -0.2) is 0 Å². The Labute approximate surface area is 115 Å². The van der Waals surface area contributed by atoms with E-state index in [1.807, 2.05) is 18.7 Å². The zero-order valence-corrected chi connectivity index (χ0v) is 12.6. The third kappa shape index (κ3) is 2.72. The lowest BCUT2D eigenvalue weighted by molar-refractivity contribution is 0.252. The Balaban J connectivity index is 2.17. The van der Waals surface area contributed by atoms with Gasteiger partial charge in [-0.05, 0) is 44.1 Å². The molecular formula is C14H24ClN3. The van der Waals surface area contributed by atoms with Crippen LogP contribution >= 0.6 is 11.6 Å². The summed E-state index contributed by atoms with van der Waals surface area (Å²) in [6, 6.07) is 0. The van der Waals surface area contributed by atoms with Gasteiger partial charge in [0.25, 0.3) is 0 Å². The van der Waals surface area contributed by atoms with Crippen molar-refractivity contribution in [1.29, 1.82) is 0 Å². The first kappa shape index (κ1) is 13.9. The van der Waals surface area contributed by atoms with E-state index in [2.05, 4.69) is 24.3 Å². The van der Waals surface area contributed by atoms with Gasteiger partial charge in [-0.2, -0.15) is 5.10 Å². The minimum absolute atomic E-state index is 0.305. The minimum Gasteiger partial charge on any atom is -0.316 e. The number of rotatable bonds is 6. The van der Waals surface area contributed by atoms with E-state index in [4.69, 9.17) is 11.6 Å². The molecule has 0 radical (unpaired) electrons. The van der Waals surface area contributed by atoms with Crippen LogP contribution in [0.15, 0.2) is 0 Å². The summed E-state index contributed by atoms with van der Waals surface area (Å²) in [5, 5.41) is 8.77. The standard InChI is InChI=1S/C14H24ClN3/c1-5-16-9-14(3,11-6-7-11)8-12-13(15)10(2)17-18(12)4/h11,16H,5-9H2,1-4H3. The molecule has 1 aliphatic carbocycles. The van der Waals surface area contributed by atoms with E-state index < -0.39 is 0 Å². The van der Waals surface area contributed by atoms with E-state index in [0.29, 0.717) is 5.41 Å². The van der Waals surface area contributed by atoms with Crippen LogP contribution in [0, 0.1) is 18.3 Å². The number of hydrogen-bond donors (Lipinski definition) is 1. The molecule has 1 aromatic heterocycles. The average molecular weight is 270 g/mol. The third-order valence-electron chi connectivity index (χ3n) is 4.17. The molecule has 1 atom stereocenters. The van der Waals surface area contributed by atoms with Crippen molar-refractivity contribution in [1.82, 2.24) is 15.1 Å². The smallest absolute Gasteiger partial charge is 0.0847 e. The minimum atomic E-state index is 0.305. The fourth-order valence-electron chi connectivity index (χ4n) is 2.80. The lowest BCUT2D eigenvalue weighted by atomic mass is 9.80. The molecule has 1 saturated carbocycles. The molecule has 0 aliphatic heterocycles. The molecule has 0 bridgehead atoms. The zero-order valence-electron chi connectivity index (χ0n) is 11.9. The van der Waals surface area contributed by atoms with E-state index >= 15 is 0 Å². The van der Waals surface area contributed by atoms with Crippen molar-refractivity contribution in [2.75, 3.05) is 13.1 Å². The Morgan fingerprint density at radius 1 is 1.50 bits per heavy atom. The monoisotopic (exact) mass is 269 g/mol. The molecule has 1 N–H and O–H groups in total. The molecule has 1 unspecified atom stereocenters. The highest BCUT2D eigenvalue weighted by molar-refractivity contribution is 6.31. The zero-order chi connectivity index (χ0) is 13.3. The highest BCUT2D eigenvalue weighted by Gasteiger charge is 2.42. The molecule has 102 valence electrons. The Kier molecular flexibility index (Phi) is 4.02. The van der Waals surface area contributed by atoms with Crippen molar-refractivity contribution in [3.63, 3.8) is 0 Å². The lowest BCUT2D eigenvalue weighted by Crippen LogP contribution is -2.36. The number of nitrogens with one attached hydrogen (secondary N) is 1. The van der Waals surface area contributed by atoms with Crippen LogP contribution in [0.25, 0.3) is 0 Å². The van der Waals surface area contributed by atoms with Crippen LogP contribution in [0.1, 0.15) is 38.1 Å². The molecule has 0 saturated heterocycles. The quantitative estimate of drug-likeness (QED) is 0.861. The van der Waals surface area contributed by atoms with E-state index in [1.54, 1.807) is 0 Å². The summed E-state index contributed by atoms with van der Waals surface area (Å²) in [4.78, 5) is 0. The van der Waals surface area contributed by atoms with Gasteiger partial charge in [-0.1, -0.05) is 25.4 Å². The van der Waals surface area contributed by atoms with Crippen LogP contribution in [0.4, 0.5) is 0 Å². The van der Waals surface area contributed by atoms with Gasteiger partial charge in [-0.3, -0.25) is 4.68 Å². The molecule has 2 rings (SSSR count). The van der Waals surface area contributed by atoms with E-state index in [0.717, 1.165) is 36.1 Å². The van der Waals surface area contributed by atoms with Crippen molar-refractivity contribution in [2.24, 2.45) is 18.4 Å². The van der Waals surface area contributed by atoms with Crippen LogP contribution in [0.5, 0.6) is 0 Å². The summed E-state index contributed by atoms with van der Waals surface area (Å²) in [5.74, 6) is 0.836. The van der Waals surface area contributed by atoms with Crippen LogP contribution in [-0.4, -0.2) is 22.9 Å². The second-order valence-electron chi connectivity index (χ2n) is 5.86. The first-order valence-electron chi connectivity index (χ1n) is 6.86. The van der Waals surface area contributed by atoms with Gasteiger partial charge in [0.1, 0.15) is 0 Å². The molecule has 18 heavy (non-hydrogen) atoms. The van der Waals surface area contributed by atoms with Gasteiger partial charge in [-0.15, -0.1) is 0 Å². The molecular weight excluding hydrogens is 246 g/mol. The third-order valence-corrected chi connectivity index (χ3v) is 4.67. The van der Waals surface area contributed by atoms with Gasteiger partial charge in [0.05, 0.1) is 16.4 Å². The largest absolute Gasteiger partial charge is 0.316 e. The molecule has 1 aromatic rings. The molecule has 0 amide bonds. The molecule has 3 nitrogen and oxygen atoms in total. The Hall–Kier alpha value is -0.540. The maximum absolute atomic E-state index is 6.38. The molecule has 1 aliphatic rings. The van der Waals surface area contributed by atoms with Crippen LogP contribution in [-0.2, 0) is 13.5 Å². The van der Waals surface area contributed by atoms with Gasteiger partial charge in [0.15, 0.2) is 0 Å².